The summed E-state index contributed by atoms with van der Waals surface area (Å²) in [5, 5.41) is 7.66. The topological polar surface area (TPSA) is 14.8 Å². The second-order valence-corrected chi connectivity index (χ2v) is 10.7. The molecule has 0 atom stereocenters. The molecule has 244 valence electrons. The predicted octanol–water partition coefficient (Wildman–Crippen LogP) is 13.6. The Morgan fingerprint density at radius 2 is 0.562 bits per heavy atom. The highest BCUT2D eigenvalue weighted by molar-refractivity contribution is 6.13. The standard InChI is InChI=1S/C37H25N3.4C2H6/c1-38-32-20-18-24(39-34-14-6-2-10-26(34)27-11-3-7-15-35(27)39)22-30(32)31-23-25(19-21-33(31)38)40-36-16-8-4-12-28(36)29-13-5-9-17-37(29)40;4*1-2/h2-23H,1H3;4*1-2H3. The van der Waals surface area contributed by atoms with E-state index in [0.29, 0.717) is 0 Å². The van der Waals surface area contributed by atoms with Gasteiger partial charge in [-0.2, -0.15) is 0 Å². The number of para-hydroxylation sites is 4. The van der Waals surface area contributed by atoms with Crippen molar-refractivity contribution in [2.24, 2.45) is 7.05 Å². The van der Waals surface area contributed by atoms with Crippen LogP contribution < -0.4 is 0 Å². The third-order valence-electron chi connectivity index (χ3n) is 8.65. The van der Waals surface area contributed by atoms with Crippen molar-refractivity contribution in [3.05, 3.63) is 133 Å². The van der Waals surface area contributed by atoms with E-state index in [1.54, 1.807) is 0 Å². The SMILES string of the molecule is CC.CC.CC.CC.Cn1c2ccc(-n3c4ccccc4c4ccccc43)cc2c2cc(-n3c4ccccc4c4ccccc43)ccc21. The smallest absolute Gasteiger partial charge is 0.0541 e. The van der Waals surface area contributed by atoms with E-state index in [1.807, 2.05) is 55.4 Å². The lowest BCUT2D eigenvalue weighted by Gasteiger charge is -2.09. The van der Waals surface area contributed by atoms with Crippen LogP contribution in [0.3, 0.4) is 0 Å². The quantitative estimate of drug-likeness (QED) is 0.180. The minimum Gasteiger partial charge on any atom is -0.344 e. The first-order valence-corrected chi connectivity index (χ1v) is 17.8. The molecule has 3 heteroatoms. The van der Waals surface area contributed by atoms with Crippen LogP contribution >= 0.6 is 0 Å². The third-order valence-corrected chi connectivity index (χ3v) is 8.65. The largest absolute Gasteiger partial charge is 0.344 e. The molecule has 9 rings (SSSR count). The lowest BCUT2D eigenvalue weighted by molar-refractivity contribution is 1.01. The van der Waals surface area contributed by atoms with Gasteiger partial charge in [0, 0.05) is 61.8 Å². The molecule has 0 amide bonds. The van der Waals surface area contributed by atoms with Gasteiger partial charge in [-0.05, 0) is 60.7 Å². The molecule has 48 heavy (non-hydrogen) atoms. The van der Waals surface area contributed by atoms with Crippen LogP contribution in [0.4, 0.5) is 0 Å². The van der Waals surface area contributed by atoms with Crippen molar-refractivity contribution >= 4 is 65.4 Å². The lowest BCUT2D eigenvalue weighted by atomic mass is 10.1. The first kappa shape index (κ1) is 34.1. The van der Waals surface area contributed by atoms with Crippen molar-refractivity contribution in [1.29, 1.82) is 0 Å². The molecule has 6 aromatic carbocycles. The van der Waals surface area contributed by atoms with Gasteiger partial charge in [0.15, 0.2) is 0 Å². The Bertz CT molecular complexity index is 2170. The zero-order chi connectivity index (χ0) is 34.4. The minimum atomic E-state index is 1.18. The van der Waals surface area contributed by atoms with Gasteiger partial charge in [0.2, 0.25) is 0 Å². The van der Waals surface area contributed by atoms with Crippen molar-refractivity contribution in [2.75, 3.05) is 0 Å². The van der Waals surface area contributed by atoms with Crippen LogP contribution in [-0.2, 0) is 7.05 Å². The van der Waals surface area contributed by atoms with Gasteiger partial charge in [0.05, 0.1) is 22.1 Å². The van der Waals surface area contributed by atoms with Crippen LogP contribution in [0.1, 0.15) is 55.4 Å². The predicted molar refractivity (Wildman–Crippen MR) is 214 cm³/mol. The summed E-state index contributed by atoms with van der Waals surface area (Å²) in [7, 11) is 2.17. The van der Waals surface area contributed by atoms with Gasteiger partial charge in [0.25, 0.3) is 0 Å². The number of benzene rings is 6. The molecule has 3 heterocycles. The third kappa shape index (κ3) is 5.44. The maximum Gasteiger partial charge on any atom is 0.0541 e. The van der Waals surface area contributed by atoms with Crippen molar-refractivity contribution in [2.45, 2.75) is 55.4 Å². The average Bonchev–Trinajstić information content (AvgIpc) is 3.80. The normalized spacial score (nSPS) is 10.6. The molecule has 0 saturated carbocycles. The Morgan fingerprint density at radius 3 is 0.854 bits per heavy atom. The van der Waals surface area contributed by atoms with Crippen molar-refractivity contribution in [3.63, 3.8) is 0 Å². The molecule has 0 bridgehead atoms. The molecule has 0 aliphatic carbocycles. The van der Waals surface area contributed by atoms with Gasteiger partial charge in [-0.15, -0.1) is 0 Å². The van der Waals surface area contributed by atoms with Crippen LogP contribution in [-0.4, -0.2) is 13.7 Å². The van der Waals surface area contributed by atoms with Crippen molar-refractivity contribution in [1.82, 2.24) is 13.7 Å². The maximum absolute atomic E-state index is 2.40. The van der Waals surface area contributed by atoms with E-state index in [4.69, 9.17) is 0 Å². The number of fused-ring (bicyclic) bond motifs is 9. The Morgan fingerprint density at radius 1 is 0.292 bits per heavy atom. The molecule has 0 radical (unpaired) electrons. The Labute approximate surface area is 285 Å². The van der Waals surface area contributed by atoms with E-state index >= 15 is 0 Å². The van der Waals surface area contributed by atoms with Crippen LogP contribution in [0.5, 0.6) is 0 Å². The summed E-state index contributed by atoms with van der Waals surface area (Å²) in [6, 6.07) is 48.6. The molecule has 0 fully saturated rings. The number of nitrogens with zero attached hydrogens (tertiary/aromatic N) is 3. The Hall–Kier alpha value is -5.28. The van der Waals surface area contributed by atoms with Crippen LogP contribution in [0, 0.1) is 0 Å². The molecule has 0 aliphatic rings. The molecule has 0 saturated heterocycles. The Kier molecular flexibility index (Phi) is 10.7. The second kappa shape index (κ2) is 15.1. The average molecular weight is 632 g/mol. The number of hydrogen-bond donors (Lipinski definition) is 0. The summed E-state index contributed by atoms with van der Waals surface area (Å²) in [5.41, 5.74) is 9.75. The molecule has 0 unspecified atom stereocenters. The van der Waals surface area contributed by atoms with E-state index in [2.05, 4.69) is 154 Å². The fraction of sp³-hybridized carbons (Fsp3) is 0.200. The summed E-state index contributed by atoms with van der Waals surface area (Å²) >= 11 is 0. The molecule has 9 aromatic rings. The van der Waals surface area contributed by atoms with Gasteiger partial charge >= 0.3 is 0 Å². The van der Waals surface area contributed by atoms with Crippen LogP contribution in [0.15, 0.2) is 133 Å². The highest BCUT2D eigenvalue weighted by Gasteiger charge is 2.16. The molecule has 0 N–H and O–H groups in total. The first-order valence-electron chi connectivity index (χ1n) is 17.8. The van der Waals surface area contributed by atoms with Gasteiger partial charge in [-0.3, -0.25) is 0 Å². The highest BCUT2D eigenvalue weighted by atomic mass is 15.0. The fourth-order valence-electron chi connectivity index (χ4n) is 6.87. The molecular formula is C45H49N3. The van der Waals surface area contributed by atoms with Gasteiger partial charge in [-0.25, -0.2) is 0 Å². The molecular weight excluding hydrogens is 583 g/mol. The first-order chi connectivity index (χ1) is 23.8. The van der Waals surface area contributed by atoms with Crippen LogP contribution in [0.2, 0.25) is 0 Å². The van der Waals surface area contributed by atoms with E-state index in [-0.39, 0.29) is 0 Å². The number of aryl methyl sites for hydroxylation is 1. The van der Waals surface area contributed by atoms with Crippen molar-refractivity contribution in [3.8, 4) is 11.4 Å². The van der Waals surface area contributed by atoms with Gasteiger partial charge < -0.3 is 13.7 Å². The summed E-state index contributed by atoms with van der Waals surface area (Å²) in [6.45, 7) is 16.0. The number of hydrogen-bond acceptors (Lipinski definition) is 0. The second-order valence-electron chi connectivity index (χ2n) is 10.7. The van der Waals surface area contributed by atoms with Gasteiger partial charge in [-0.1, -0.05) is 128 Å². The number of aromatic nitrogens is 3. The lowest BCUT2D eigenvalue weighted by Crippen LogP contribution is -1.94. The van der Waals surface area contributed by atoms with Crippen molar-refractivity contribution < 1.29 is 0 Å². The fourth-order valence-corrected chi connectivity index (χ4v) is 6.87. The summed E-state index contributed by atoms with van der Waals surface area (Å²) in [4.78, 5) is 0. The van der Waals surface area contributed by atoms with E-state index in [1.165, 1.54) is 76.8 Å². The van der Waals surface area contributed by atoms with E-state index in [0.717, 1.165) is 0 Å². The van der Waals surface area contributed by atoms with E-state index in [9.17, 15) is 0 Å². The molecule has 0 aliphatic heterocycles. The zero-order valence-corrected chi connectivity index (χ0v) is 30.0. The Balaban J connectivity index is 0.000000528. The zero-order valence-electron chi connectivity index (χ0n) is 30.0. The maximum atomic E-state index is 2.40. The molecule has 0 spiro atoms. The minimum absolute atomic E-state index is 1.18. The summed E-state index contributed by atoms with van der Waals surface area (Å²) in [5.74, 6) is 0. The summed E-state index contributed by atoms with van der Waals surface area (Å²) in [6.07, 6.45) is 0. The van der Waals surface area contributed by atoms with E-state index < -0.39 is 0 Å². The summed E-state index contributed by atoms with van der Waals surface area (Å²) < 4.78 is 7.12. The monoisotopic (exact) mass is 631 g/mol. The number of rotatable bonds is 2. The highest BCUT2D eigenvalue weighted by Crippen LogP contribution is 2.37. The molecule has 3 nitrogen and oxygen atoms in total. The van der Waals surface area contributed by atoms with Crippen LogP contribution in [0.25, 0.3) is 76.8 Å². The molecule has 3 aromatic heterocycles. The van der Waals surface area contributed by atoms with Gasteiger partial charge in [0.1, 0.15) is 0 Å².